The Balaban J connectivity index is 0.00000128. The van der Waals surface area contributed by atoms with Crippen LogP contribution in [0.5, 0.6) is 0 Å². The summed E-state index contributed by atoms with van der Waals surface area (Å²) in [6.45, 7) is 3.85. The Bertz CT molecular complexity index is 227. The van der Waals surface area contributed by atoms with E-state index in [1.165, 1.54) is 0 Å². The number of alkyl halides is 3. The monoisotopic (exact) mass is 258 g/mol. The maximum atomic E-state index is 12.0. The molecule has 0 aromatic carbocycles. The molecule has 2 saturated heterocycles. The van der Waals surface area contributed by atoms with Crippen LogP contribution in [0.3, 0.4) is 0 Å². The summed E-state index contributed by atoms with van der Waals surface area (Å²) in [7, 11) is 0. The molecule has 1 spiro atoms. The Hall–Kier alpha value is -0.0000000000000000416. The first-order valence-corrected chi connectivity index (χ1v) is 5.49. The fourth-order valence-electron chi connectivity index (χ4n) is 2.65. The standard InChI is InChI=1S/C10H17F3N2.ClH/c11-10(12,13)3-6-15-5-2-9(8-15)1-4-14-7-9;/h14H,1-8H2;1H. The molecule has 0 amide bonds. The summed E-state index contributed by atoms with van der Waals surface area (Å²) in [6, 6.07) is 0. The van der Waals surface area contributed by atoms with E-state index in [1.807, 2.05) is 4.90 Å². The summed E-state index contributed by atoms with van der Waals surface area (Å²) in [5.74, 6) is 0. The van der Waals surface area contributed by atoms with Crippen LogP contribution in [-0.4, -0.2) is 43.8 Å². The molecule has 1 N–H and O–H groups in total. The van der Waals surface area contributed by atoms with E-state index in [4.69, 9.17) is 0 Å². The van der Waals surface area contributed by atoms with Gasteiger partial charge < -0.3 is 10.2 Å². The summed E-state index contributed by atoms with van der Waals surface area (Å²) in [6.07, 6.45) is -2.51. The van der Waals surface area contributed by atoms with E-state index in [0.29, 0.717) is 0 Å². The zero-order chi connectivity index (χ0) is 10.9. The van der Waals surface area contributed by atoms with Crippen molar-refractivity contribution in [3.8, 4) is 0 Å². The van der Waals surface area contributed by atoms with Gasteiger partial charge in [0, 0.05) is 19.6 Å². The van der Waals surface area contributed by atoms with Gasteiger partial charge in [0.25, 0.3) is 0 Å². The van der Waals surface area contributed by atoms with Crippen molar-refractivity contribution in [2.45, 2.75) is 25.4 Å². The lowest BCUT2D eigenvalue weighted by molar-refractivity contribution is -0.137. The topological polar surface area (TPSA) is 15.3 Å². The van der Waals surface area contributed by atoms with Gasteiger partial charge >= 0.3 is 6.18 Å². The molecule has 1 atom stereocenters. The lowest BCUT2D eigenvalue weighted by atomic mass is 9.87. The average Bonchev–Trinajstić information content (AvgIpc) is 2.73. The summed E-state index contributed by atoms with van der Waals surface area (Å²) in [5.41, 5.74) is 0.283. The fourth-order valence-corrected chi connectivity index (χ4v) is 2.65. The molecule has 2 aliphatic heterocycles. The van der Waals surface area contributed by atoms with Crippen molar-refractivity contribution in [1.29, 1.82) is 0 Å². The van der Waals surface area contributed by atoms with Gasteiger partial charge in [0.05, 0.1) is 6.42 Å². The normalized spacial score (nSPS) is 30.9. The molecule has 2 nitrogen and oxygen atoms in total. The summed E-state index contributed by atoms with van der Waals surface area (Å²) in [4.78, 5) is 1.96. The van der Waals surface area contributed by atoms with Crippen molar-refractivity contribution in [3.63, 3.8) is 0 Å². The SMILES string of the molecule is Cl.FC(F)(F)CCN1CCC2(CCNC2)C1. The zero-order valence-electron chi connectivity index (χ0n) is 9.15. The van der Waals surface area contributed by atoms with E-state index in [-0.39, 0.29) is 24.4 Å². The molecule has 0 aromatic rings. The third kappa shape index (κ3) is 3.50. The Morgan fingerprint density at radius 3 is 2.56 bits per heavy atom. The van der Waals surface area contributed by atoms with Gasteiger partial charge in [-0.3, -0.25) is 0 Å². The van der Waals surface area contributed by atoms with Gasteiger partial charge in [-0.1, -0.05) is 0 Å². The second-order valence-electron chi connectivity index (χ2n) is 4.82. The number of rotatable bonds is 2. The van der Waals surface area contributed by atoms with Crippen molar-refractivity contribution in [1.82, 2.24) is 10.2 Å². The quantitative estimate of drug-likeness (QED) is 0.816. The van der Waals surface area contributed by atoms with Gasteiger partial charge in [-0.2, -0.15) is 13.2 Å². The van der Waals surface area contributed by atoms with Crippen LogP contribution in [0.25, 0.3) is 0 Å². The Morgan fingerprint density at radius 2 is 2.00 bits per heavy atom. The van der Waals surface area contributed by atoms with Gasteiger partial charge in [-0.05, 0) is 31.3 Å². The maximum Gasteiger partial charge on any atom is 0.390 e. The third-order valence-corrected chi connectivity index (χ3v) is 3.56. The van der Waals surface area contributed by atoms with Crippen molar-refractivity contribution < 1.29 is 13.2 Å². The number of hydrogen-bond donors (Lipinski definition) is 1. The largest absolute Gasteiger partial charge is 0.390 e. The van der Waals surface area contributed by atoms with E-state index in [0.717, 1.165) is 39.0 Å². The van der Waals surface area contributed by atoms with Crippen LogP contribution in [0.4, 0.5) is 13.2 Å². The number of likely N-dealkylation sites (tertiary alicyclic amines) is 1. The van der Waals surface area contributed by atoms with E-state index >= 15 is 0 Å². The second kappa shape index (κ2) is 5.10. The number of nitrogens with zero attached hydrogens (tertiary/aromatic N) is 1. The average molecular weight is 259 g/mol. The van der Waals surface area contributed by atoms with Crippen LogP contribution in [0, 0.1) is 5.41 Å². The first kappa shape index (κ1) is 14.1. The van der Waals surface area contributed by atoms with Crippen LogP contribution in [0.1, 0.15) is 19.3 Å². The predicted octanol–water partition coefficient (Wildman–Crippen LogP) is 2.05. The third-order valence-electron chi connectivity index (χ3n) is 3.56. The maximum absolute atomic E-state index is 12.0. The number of hydrogen-bond acceptors (Lipinski definition) is 2. The highest BCUT2D eigenvalue weighted by Gasteiger charge is 2.40. The molecule has 0 saturated carbocycles. The highest BCUT2D eigenvalue weighted by Crippen LogP contribution is 2.36. The van der Waals surface area contributed by atoms with E-state index in [1.54, 1.807) is 0 Å². The molecular weight excluding hydrogens is 241 g/mol. The fraction of sp³-hybridized carbons (Fsp3) is 1.00. The Labute approximate surface area is 100.0 Å². The van der Waals surface area contributed by atoms with Gasteiger partial charge in [0.15, 0.2) is 0 Å². The zero-order valence-corrected chi connectivity index (χ0v) is 9.96. The molecule has 2 aliphatic rings. The molecular formula is C10H18ClF3N2. The molecule has 2 rings (SSSR count). The highest BCUT2D eigenvalue weighted by molar-refractivity contribution is 5.85. The van der Waals surface area contributed by atoms with E-state index in [2.05, 4.69) is 5.32 Å². The molecule has 0 radical (unpaired) electrons. The molecule has 6 heteroatoms. The van der Waals surface area contributed by atoms with Crippen LogP contribution >= 0.6 is 12.4 Å². The Morgan fingerprint density at radius 1 is 1.25 bits per heavy atom. The van der Waals surface area contributed by atoms with Crippen LogP contribution in [0.15, 0.2) is 0 Å². The van der Waals surface area contributed by atoms with Crippen LogP contribution in [0.2, 0.25) is 0 Å². The van der Waals surface area contributed by atoms with Crippen LogP contribution < -0.4 is 5.32 Å². The molecule has 16 heavy (non-hydrogen) atoms. The van der Waals surface area contributed by atoms with Gasteiger partial charge in [-0.25, -0.2) is 0 Å². The molecule has 0 aliphatic carbocycles. The summed E-state index contributed by atoms with van der Waals surface area (Å²) < 4.78 is 36.1. The first-order chi connectivity index (χ1) is 6.99. The molecule has 0 aromatic heterocycles. The van der Waals surface area contributed by atoms with Crippen molar-refractivity contribution >= 4 is 12.4 Å². The molecule has 96 valence electrons. The van der Waals surface area contributed by atoms with E-state index < -0.39 is 12.6 Å². The highest BCUT2D eigenvalue weighted by atomic mass is 35.5. The minimum absolute atomic E-state index is 0. The van der Waals surface area contributed by atoms with Crippen LogP contribution in [-0.2, 0) is 0 Å². The summed E-state index contributed by atoms with van der Waals surface area (Å²) in [5, 5.41) is 3.30. The molecule has 2 heterocycles. The minimum Gasteiger partial charge on any atom is -0.316 e. The predicted molar refractivity (Wildman–Crippen MR) is 58.9 cm³/mol. The van der Waals surface area contributed by atoms with Crippen molar-refractivity contribution in [2.24, 2.45) is 5.41 Å². The summed E-state index contributed by atoms with van der Waals surface area (Å²) >= 11 is 0. The smallest absolute Gasteiger partial charge is 0.316 e. The molecule has 0 bridgehead atoms. The lowest BCUT2D eigenvalue weighted by Gasteiger charge is -2.23. The van der Waals surface area contributed by atoms with E-state index in [9.17, 15) is 13.2 Å². The van der Waals surface area contributed by atoms with Gasteiger partial charge in [0.2, 0.25) is 0 Å². The van der Waals surface area contributed by atoms with Crippen molar-refractivity contribution in [3.05, 3.63) is 0 Å². The Kier molecular flexibility index (Phi) is 4.49. The molecule has 1 unspecified atom stereocenters. The first-order valence-electron chi connectivity index (χ1n) is 5.49. The number of halogens is 4. The van der Waals surface area contributed by atoms with Crippen molar-refractivity contribution in [2.75, 3.05) is 32.7 Å². The number of nitrogens with one attached hydrogen (secondary N) is 1. The van der Waals surface area contributed by atoms with Gasteiger partial charge in [0.1, 0.15) is 0 Å². The molecule has 2 fully saturated rings. The lowest BCUT2D eigenvalue weighted by Crippen LogP contribution is -2.31. The minimum atomic E-state index is -4.01. The van der Waals surface area contributed by atoms with Gasteiger partial charge in [-0.15, -0.1) is 12.4 Å². The second-order valence-corrected chi connectivity index (χ2v) is 4.82.